The quantitative estimate of drug-likeness (QED) is 0.825. The van der Waals surface area contributed by atoms with E-state index in [2.05, 4.69) is 4.72 Å². The van der Waals surface area contributed by atoms with Gasteiger partial charge in [-0.05, 0) is 24.6 Å². The average molecular weight is 235 g/mol. The lowest BCUT2D eigenvalue weighted by Gasteiger charge is -2.12. The highest BCUT2D eigenvalue weighted by molar-refractivity contribution is 7.87. The predicted molar refractivity (Wildman–Crippen MR) is 56.1 cm³/mol. The maximum atomic E-state index is 10.7. The fourth-order valence-corrected chi connectivity index (χ4v) is 1.92. The van der Waals surface area contributed by atoms with Crippen molar-refractivity contribution in [2.75, 3.05) is 0 Å². The predicted octanol–water partition coefficient (Wildman–Crippen LogP) is 1.19. The topological polar surface area (TPSA) is 72.2 Å². The second kappa shape index (κ2) is 4.27. The van der Waals surface area contributed by atoms with E-state index >= 15 is 0 Å². The first kappa shape index (κ1) is 11.5. The van der Waals surface area contributed by atoms with Gasteiger partial charge in [0.05, 0.1) is 0 Å². The molecule has 78 valence electrons. The molecule has 4 nitrogen and oxygen atoms in total. The van der Waals surface area contributed by atoms with E-state index in [4.69, 9.17) is 16.7 Å². The number of nitrogens with one attached hydrogen (secondary N) is 1. The van der Waals surface area contributed by atoms with Crippen LogP contribution in [0.5, 0.6) is 0 Å². The minimum Gasteiger partial charge on any atom is -0.216 e. The molecule has 0 heterocycles. The third-order valence-corrected chi connectivity index (χ3v) is 2.61. The van der Waals surface area contributed by atoms with Crippen LogP contribution in [0.25, 0.3) is 0 Å². The summed E-state index contributed by atoms with van der Waals surface area (Å²) in [5.74, 6) is 0. The van der Waals surface area contributed by atoms with Crippen LogP contribution in [0.4, 0.5) is 0 Å². The van der Waals surface area contributed by atoms with E-state index in [1.165, 1.54) is 0 Å². The zero-order chi connectivity index (χ0) is 10.8. The largest absolute Gasteiger partial charge is 0.274 e. The minimum absolute atomic E-state index is 0.385. The average Bonchev–Trinajstić information content (AvgIpc) is 2.01. The Morgan fingerprint density at radius 1 is 1.50 bits per heavy atom. The number of rotatable bonds is 3. The Morgan fingerprint density at radius 3 is 2.64 bits per heavy atom. The molecular formula is C8H11ClN2O2S. The second-order valence-electron chi connectivity index (χ2n) is 2.94. The van der Waals surface area contributed by atoms with Crippen molar-refractivity contribution in [3.05, 3.63) is 34.9 Å². The first-order valence-electron chi connectivity index (χ1n) is 3.94. The highest BCUT2D eigenvalue weighted by Gasteiger charge is 2.10. The van der Waals surface area contributed by atoms with Crippen LogP contribution >= 0.6 is 11.6 Å². The zero-order valence-corrected chi connectivity index (χ0v) is 9.14. The standard InChI is InChI=1S/C8H11ClN2O2S/c1-6(11-14(10,12)13)7-3-2-4-8(9)5-7/h2-6,11H,1H3,(H2,10,12,13)/t6-/m1/s1. The van der Waals surface area contributed by atoms with Gasteiger partial charge in [0.25, 0.3) is 10.2 Å². The van der Waals surface area contributed by atoms with Crippen LogP contribution in [0.2, 0.25) is 5.02 Å². The minimum atomic E-state index is -3.68. The van der Waals surface area contributed by atoms with Gasteiger partial charge >= 0.3 is 0 Å². The van der Waals surface area contributed by atoms with Gasteiger partial charge in [-0.2, -0.15) is 13.1 Å². The highest BCUT2D eigenvalue weighted by atomic mass is 35.5. The molecular weight excluding hydrogens is 224 g/mol. The van der Waals surface area contributed by atoms with E-state index in [1.807, 2.05) is 0 Å². The number of benzene rings is 1. The summed E-state index contributed by atoms with van der Waals surface area (Å²) in [7, 11) is -3.68. The van der Waals surface area contributed by atoms with Gasteiger partial charge in [0.2, 0.25) is 0 Å². The summed E-state index contributed by atoms with van der Waals surface area (Å²) < 4.78 is 23.7. The summed E-state index contributed by atoms with van der Waals surface area (Å²) in [6.07, 6.45) is 0. The first-order chi connectivity index (χ1) is 6.38. The highest BCUT2D eigenvalue weighted by Crippen LogP contribution is 2.17. The van der Waals surface area contributed by atoms with E-state index in [-0.39, 0.29) is 6.04 Å². The molecule has 0 radical (unpaired) electrons. The molecule has 6 heteroatoms. The Kier molecular flexibility index (Phi) is 3.49. The molecule has 1 aromatic carbocycles. The normalized spacial score (nSPS) is 13.9. The van der Waals surface area contributed by atoms with Crippen molar-refractivity contribution in [3.8, 4) is 0 Å². The van der Waals surface area contributed by atoms with Gasteiger partial charge in [-0.3, -0.25) is 0 Å². The molecule has 0 fully saturated rings. The molecule has 0 unspecified atom stereocenters. The lowest BCUT2D eigenvalue weighted by Crippen LogP contribution is -2.32. The molecule has 0 saturated heterocycles. The van der Waals surface area contributed by atoms with Gasteiger partial charge in [-0.1, -0.05) is 23.7 Å². The van der Waals surface area contributed by atoms with Gasteiger partial charge in [-0.15, -0.1) is 0 Å². The molecule has 14 heavy (non-hydrogen) atoms. The molecule has 1 rings (SSSR count). The second-order valence-corrected chi connectivity index (χ2v) is 4.70. The summed E-state index contributed by atoms with van der Waals surface area (Å²) >= 11 is 5.75. The van der Waals surface area contributed by atoms with E-state index in [0.29, 0.717) is 5.02 Å². The molecule has 0 aliphatic heterocycles. The maximum Gasteiger partial charge on any atom is 0.274 e. The lowest BCUT2D eigenvalue weighted by atomic mass is 10.1. The fourth-order valence-electron chi connectivity index (χ4n) is 1.09. The molecule has 0 amide bonds. The number of halogens is 1. The molecule has 0 aliphatic carbocycles. The van der Waals surface area contributed by atoms with Crippen molar-refractivity contribution in [3.63, 3.8) is 0 Å². The summed E-state index contributed by atoms with van der Waals surface area (Å²) in [4.78, 5) is 0. The van der Waals surface area contributed by atoms with Crippen molar-refractivity contribution < 1.29 is 8.42 Å². The van der Waals surface area contributed by atoms with Crippen molar-refractivity contribution in [2.24, 2.45) is 5.14 Å². The van der Waals surface area contributed by atoms with Gasteiger partial charge in [-0.25, -0.2) is 5.14 Å². The van der Waals surface area contributed by atoms with E-state index in [1.54, 1.807) is 31.2 Å². The van der Waals surface area contributed by atoms with E-state index < -0.39 is 10.2 Å². The van der Waals surface area contributed by atoms with Crippen molar-refractivity contribution in [2.45, 2.75) is 13.0 Å². The van der Waals surface area contributed by atoms with Gasteiger partial charge in [0, 0.05) is 11.1 Å². The van der Waals surface area contributed by atoms with Gasteiger partial charge < -0.3 is 0 Å². The summed E-state index contributed by atoms with van der Waals surface area (Å²) in [6.45, 7) is 1.69. The van der Waals surface area contributed by atoms with Crippen LogP contribution in [0.3, 0.4) is 0 Å². The monoisotopic (exact) mass is 234 g/mol. The molecule has 0 aromatic heterocycles. The Labute approximate surface area is 88.3 Å². The van der Waals surface area contributed by atoms with E-state index in [0.717, 1.165) is 5.56 Å². The van der Waals surface area contributed by atoms with Crippen molar-refractivity contribution in [1.82, 2.24) is 4.72 Å². The molecule has 0 saturated carbocycles. The Bertz CT molecular complexity index is 419. The molecule has 3 N–H and O–H groups in total. The van der Waals surface area contributed by atoms with Crippen LogP contribution in [0.15, 0.2) is 24.3 Å². The smallest absolute Gasteiger partial charge is 0.216 e. The first-order valence-corrected chi connectivity index (χ1v) is 5.86. The third kappa shape index (κ3) is 3.63. The maximum absolute atomic E-state index is 10.7. The summed E-state index contributed by atoms with van der Waals surface area (Å²) in [6, 6.07) is 6.54. The van der Waals surface area contributed by atoms with Crippen molar-refractivity contribution >= 4 is 21.8 Å². The number of hydrogen-bond acceptors (Lipinski definition) is 2. The Morgan fingerprint density at radius 2 is 2.14 bits per heavy atom. The van der Waals surface area contributed by atoms with Crippen LogP contribution < -0.4 is 9.86 Å². The number of hydrogen-bond donors (Lipinski definition) is 2. The molecule has 0 bridgehead atoms. The zero-order valence-electron chi connectivity index (χ0n) is 7.57. The van der Waals surface area contributed by atoms with Gasteiger partial charge in [0.15, 0.2) is 0 Å². The molecule has 1 atom stereocenters. The Balaban J connectivity index is 2.85. The SMILES string of the molecule is C[C@@H](NS(N)(=O)=O)c1cccc(Cl)c1. The van der Waals surface area contributed by atoms with Crippen LogP contribution in [-0.2, 0) is 10.2 Å². The molecule has 0 spiro atoms. The molecule has 0 aliphatic rings. The van der Waals surface area contributed by atoms with Crippen LogP contribution in [-0.4, -0.2) is 8.42 Å². The number of nitrogens with two attached hydrogens (primary N) is 1. The summed E-state index contributed by atoms with van der Waals surface area (Å²) in [5.41, 5.74) is 0.770. The van der Waals surface area contributed by atoms with Crippen LogP contribution in [0.1, 0.15) is 18.5 Å². The lowest BCUT2D eigenvalue weighted by molar-refractivity contribution is 0.568. The third-order valence-electron chi connectivity index (χ3n) is 1.69. The fraction of sp³-hybridized carbons (Fsp3) is 0.250. The van der Waals surface area contributed by atoms with Gasteiger partial charge in [0.1, 0.15) is 0 Å². The summed E-state index contributed by atoms with van der Waals surface area (Å²) in [5, 5.41) is 5.40. The van der Waals surface area contributed by atoms with E-state index in [9.17, 15) is 8.42 Å². The Hall–Kier alpha value is -0.620. The van der Waals surface area contributed by atoms with Crippen molar-refractivity contribution in [1.29, 1.82) is 0 Å². The van der Waals surface area contributed by atoms with Crippen LogP contribution in [0, 0.1) is 0 Å². The molecule has 1 aromatic rings.